The summed E-state index contributed by atoms with van der Waals surface area (Å²) in [5, 5.41) is 11.2. The van der Waals surface area contributed by atoms with Crippen LogP contribution in [0, 0.1) is 10.1 Å². The van der Waals surface area contributed by atoms with Crippen LogP contribution in [0.5, 0.6) is 11.5 Å². The Kier molecular flexibility index (Phi) is 5.16. The minimum atomic E-state index is -0.443. The number of para-hydroxylation sites is 1. The molecule has 2 aromatic rings. The van der Waals surface area contributed by atoms with Crippen molar-refractivity contribution in [3.63, 3.8) is 0 Å². The van der Waals surface area contributed by atoms with E-state index in [4.69, 9.17) is 9.47 Å². The first kappa shape index (κ1) is 15.6. The summed E-state index contributed by atoms with van der Waals surface area (Å²) in [6.45, 7) is 0.256. The molecule has 7 heteroatoms. The van der Waals surface area contributed by atoms with Gasteiger partial charge in [-0.15, -0.1) is 0 Å². The van der Waals surface area contributed by atoms with E-state index in [-0.39, 0.29) is 12.2 Å². The Labute approximate surface area is 128 Å². The maximum Gasteiger partial charge on any atom is 0.277 e. The monoisotopic (exact) mass is 303 g/mol. The van der Waals surface area contributed by atoms with Crippen molar-refractivity contribution in [2.75, 3.05) is 19.6 Å². The summed E-state index contributed by atoms with van der Waals surface area (Å²) in [4.78, 5) is 10.7. The highest BCUT2D eigenvalue weighted by Gasteiger charge is 2.19. The van der Waals surface area contributed by atoms with Crippen molar-refractivity contribution in [3.05, 3.63) is 58.1 Å². The molecular formula is C15H17N3O4. The highest BCUT2D eigenvalue weighted by Crippen LogP contribution is 2.34. The van der Waals surface area contributed by atoms with E-state index in [0.717, 1.165) is 5.69 Å². The standard InChI is InChI=1S/C15H17N3O4/c1-21-14-8-11(13(18(19)20)9-15(14)22-2)10-16-17-12-6-4-3-5-7-12/h3-9,16-17H,10H2,1-2H3. The van der Waals surface area contributed by atoms with Gasteiger partial charge in [0.1, 0.15) is 0 Å². The summed E-state index contributed by atoms with van der Waals surface area (Å²) in [6, 6.07) is 12.4. The Morgan fingerprint density at radius 2 is 1.73 bits per heavy atom. The lowest BCUT2D eigenvalue weighted by atomic mass is 10.1. The van der Waals surface area contributed by atoms with E-state index in [9.17, 15) is 10.1 Å². The van der Waals surface area contributed by atoms with Crippen LogP contribution in [0.25, 0.3) is 0 Å². The molecule has 0 bridgehead atoms. The SMILES string of the molecule is COc1cc(CNNc2ccccc2)c([N+](=O)[O-])cc1OC. The minimum absolute atomic E-state index is 0.0278. The van der Waals surface area contributed by atoms with Crippen LogP contribution < -0.4 is 20.3 Å². The fraction of sp³-hybridized carbons (Fsp3) is 0.200. The highest BCUT2D eigenvalue weighted by atomic mass is 16.6. The Bertz CT molecular complexity index is 647. The summed E-state index contributed by atoms with van der Waals surface area (Å²) in [7, 11) is 2.93. The van der Waals surface area contributed by atoms with Gasteiger partial charge in [0.15, 0.2) is 11.5 Å². The van der Waals surface area contributed by atoms with E-state index in [1.165, 1.54) is 20.3 Å². The number of nitrogens with one attached hydrogen (secondary N) is 2. The molecule has 0 fully saturated rings. The number of ether oxygens (including phenoxy) is 2. The number of hydrogen-bond donors (Lipinski definition) is 2. The van der Waals surface area contributed by atoms with Crippen molar-refractivity contribution in [1.82, 2.24) is 5.43 Å². The van der Waals surface area contributed by atoms with Gasteiger partial charge in [0, 0.05) is 17.8 Å². The Hall–Kier alpha value is -2.80. The Balaban J connectivity index is 2.16. The summed E-state index contributed by atoms with van der Waals surface area (Å²) >= 11 is 0. The molecular weight excluding hydrogens is 286 g/mol. The van der Waals surface area contributed by atoms with Crippen molar-refractivity contribution < 1.29 is 14.4 Å². The van der Waals surface area contributed by atoms with Gasteiger partial charge in [-0.05, 0) is 18.2 Å². The van der Waals surface area contributed by atoms with Gasteiger partial charge in [-0.25, -0.2) is 5.43 Å². The van der Waals surface area contributed by atoms with E-state index >= 15 is 0 Å². The molecule has 2 N–H and O–H groups in total. The first-order chi connectivity index (χ1) is 10.7. The normalized spacial score (nSPS) is 10.1. The Morgan fingerprint density at radius 1 is 1.09 bits per heavy atom. The molecule has 0 radical (unpaired) electrons. The van der Waals surface area contributed by atoms with Crippen LogP contribution in [0.1, 0.15) is 5.56 Å². The number of nitrogens with zero attached hydrogens (tertiary/aromatic N) is 1. The number of methoxy groups -OCH3 is 2. The molecule has 0 unspecified atom stereocenters. The van der Waals surface area contributed by atoms with Crippen LogP contribution in [-0.4, -0.2) is 19.1 Å². The number of nitro benzene ring substituents is 1. The predicted molar refractivity (Wildman–Crippen MR) is 83.1 cm³/mol. The molecule has 0 atom stereocenters. The molecule has 22 heavy (non-hydrogen) atoms. The summed E-state index contributed by atoms with van der Waals surface area (Å²) in [5.74, 6) is 0.776. The van der Waals surface area contributed by atoms with Gasteiger partial charge in [0.25, 0.3) is 5.69 Å². The van der Waals surface area contributed by atoms with Gasteiger partial charge in [0.2, 0.25) is 0 Å². The number of anilines is 1. The third-order valence-corrected chi connectivity index (χ3v) is 3.07. The number of hydrogen-bond acceptors (Lipinski definition) is 6. The molecule has 2 rings (SSSR count). The zero-order valence-electron chi connectivity index (χ0n) is 12.3. The fourth-order valence-electron chi connectivity index (χ4n) is 1.98. The van der Waals surface area contributed by atoms with Crippen molar-refractivity contribution in [2.24, 2.45) is 0 Å². The lowest BCUT2D eigenvalue weighted by Gasteiger charge is -2.12. The van der Waals surface area contributed by atoms with Gasteiger partial charge in [-0.3, -0.25) is 10.1 Å². The zero-order chi connectivity index (χ0) is 15.9. The molecule has 0 spiro atoms. The van der Waals surface area contributed by atoms with Crippen LogP contribution >= 0.6 is 0 Å². The van der Waals surface area contributed by atoms with Crippen LogP contribution in [-0.2, 0) is 6.54 Å². The fourth-order valence-corrected chi connectivity index (χ4v) is 1.98. The second-order valence-corrected chi connectivity index (χ2v) is 4.44. The first-order valence-corrected chi connectivity index (χ1v) is 6.59. The maximum atomic E-state index is 11.2. The summed E-state index contributed by atoms with van der Waals surface area (Å²) < 4.78 is 10.3. The van der Waals surface area contributed by atoms with Crippen LogP contribution in [0.15, 0.2) is 42.5 Å². The lowest BCUT2D eigenvalue weighted by molar-refractivity contribution is -0.385. The summed E-state index contributed by atoms with van der Waals surface area (Å²) in [5.41, 5.74) is 7.26. The van der Waals surface area contributed by atoms with Gasteiger partial charge in [-0.1, -0.05) is 18.2 Å². The predicted octanol–water partition coefficient (Wildman–Crippen LogP) is 2.73. The van der Waals surface area contributed by atoms with Crippen LogP contribution in [0.2, 0.25) is 0 Å². The smallest absolute Gasteiger partial charge is 0.277 e. The van der Waals surface area contributed by atoms with Crippen molar-refractivity contribution >= 4 is 11.4 Å². The molecule has 2 aromatic carbocycles. The first-order valence-electron chi connectivity index (χ1n) is 6.59. The lowest BCUT2D eigenvalue weighted by Crippen LogP contribution is -2.21. The highest BCUT2D eigenvalue weighted by molar-refractivity contribution is 5.54. The molecule has 0 amide bonds. The van der Waals surface area contributed by atoms with Crippen molar-refractivity contribution in [2.45, 2.75) is 6.54 Å². The van der Waals surface area contributed by atoms with Crippen LogP contribution in [0.4, 0.5) is 11.4 Å². The maximum absolute atomic E-state index is 11.2. The third-order valence-electron chi connectivity index (χ3n) is 3.07. The average molecular weight is 303 g/mol. The van der Waals surface area contributed by atoms with E-state index in [2.05, 4.69) is 10.9 Å². The number of benzene rings is 2. The molecule has 0 saturated heterocycles. The van der Waals surface area contributed by atoms with Crippen molar-refractivity contribution in [1.29, 1.82) is 0 Å². The van der Waals surface area contributed by atoms with E-state index in [0.29, 0.717) is 17.1 Å². The second kappa shape index (κ2) is 7.28. The molecule has 116 valence electrons. The van der Waals surface area contributed by atoms with E-state index in [1.807, 2.05) is 30.3 Å². The van der Waals surface area contributed by atoms with E-state index < -0.39 is 4.92 Å². The largest absolute Gasteiger partial charge is 0.493 e. The van der Waals surface area contributed by atoms with Gasteiger partial charge in [0.05, 0.1) is 25.2 Å². The number of hydrazine groups is 1. The molecule has 7 nitrogen and oxygen atoms in total. The minimum Gasteiger partial charge on any atom is -0.493 e. The topological polar surface area (TPSA) is 85.7 Å². The average Bonchev–Trinajstić information content (AvgIpc) is 2.55. The number of rotatable bonds is 7. The molecule has 0 aliphatic heterocycles. The molecule has 0 aliphatic rings. The van der Waals surface area contributed by atoms with Gasteiger partial charge >= 0.3 is 0 Å². The zero-order valence-corrected chi connectivity index (χ0v) is 12.3. The third kappa shape index (κ3) is 3.64. The van der Waals surface area contributed by atoms with Gasteiger partial charge in [-0.2, -0.15) is 0 Å². The molecule has 0 heterocycles. The molecule has 0 saturated carbocycles. The van der Waals surface area contributed by atoms with Crippen LogP contribution in [0.3, 0.4) is 0 Å². The van der Waals surface area contributed by atoms with E-state index in [1.54, 1.807) is 6.07 Å². The molecule has 0 aliphatic carbocycles. The Morgan fingerprint density at radius 3 is 2.32 bits per heavy atom. The van der Waals surface area contributed by atoms with Gasteiger partial charge < -0.3 is 14.9 Å². The molecule has 0 aromatic heterocycles. The summed E-state index contributed by atoms with van der Waals surface area (Å²) in [6.07, 6.45) is 0. The quantitative estimate of drug-likeness (QED) is 0.604. The second-order valence-electron chi connectivity index (χ2n) is 4.44. The number of nitro groups is 1. The van der Waals surface area contributed by atoms with Crippen molar-refractivity contribution in [3.8, 4) is 11.5 Å².